The maximum atomic E-state index is 8.83. The number of pyridine rings is 2. The molecule has 0 bridgehead atoms. The third kappa shape index (κ3) is 7.18. The molecule has 2 aromatic heterocycles. The molecule has 1 amide bonds. The number of hydrogen-bond acceptors (Lipinski definition) is 7. The number of nitrogens with zero attached hydrogens (tertiary/aromatic N) is 2. The summed E-state index contributed by atoms with van der Waals surface area (Å²) < 4.78 is 3.24. The molecule has 0 spiro atoms. The van der Waals surface area contributed by atoms with Crippen molar-refractivity contribution >= 4 is 65.8 Å². The Kier molecular flexibility index (Phi) is 11.2. The van der Waals surface area contributed by atoms with Crippen LogP contribution in [-0.4, -0.2) is 33.8 Å². The molecule has 0 aliphatic carbocycles. The number of amides is 1. The SMILES string of the molecule is Cc1c(-c2ccnc(SI)c2)cnc(Cl)c1NSCCCO.NC=O. The van der Waals surface area contributed by atoms with Gasteiger partial charge in [-0.2, -0.15) is 0 Å². The van der Waals surface area contributed by atoms with Gasteiger partial charge in [-0.15, -0.1) is 0 Å². The van der Waals surface area contributed by atoms with E-state index in [1.54, 1.807) is 21.3 Å². The Hall–Kier alpha value is -0.750. The largest absolute Gasteiger partial charge is 0.396 e. The van der Waals surface area contributed by atoms with Crippen molar-refractivity contribution in [2.45, 2.75) is 18.4 Å². The molecule has 0 aliphatic heterocycles. The van der Waals surface area contributed by atoms with Crippen LogP contribution in [0.4, 0.5) is 5.69 Å². The van der Waals surface area contributed by atoms with Crippen LogP contribution < -0.4 is 10.5 Å². The quantitative estimate of drug-likeness (QED) is 0.169. The van der Waals surface area contributed by atoms with Crippen molar-refractivity contribution in [1.82, 2.24) is 9.97 Å². The van der Waals surface area contributed by atoms with E-state index in [1.165, 1.54) is 11.9 Å². The molecule has 6 nitrogen and oxygen atoms in total. The van der Waals surface area contributed by atoms with E-state index < -0.39 is 0 Å². The number of hydrogen-bond donors (Lipinski definition) is 3. The average Bonchev–Trinajstić information content (AvgIpc) is 2.62. The number of anilines is 1. The van der Waals surface area contributed by atoms with E-state index in [0.717, 1.165) is 39.6 Å². The van der Waals surface area contributed by atoms with E-state index in [2.05, 4.69) is 41.6 Å². The highest BCUT2D eigenvalue weighted by molar-refractivity contribution is 14.2. The van der Waals surface area contributed by atoms with Crippen LogP contribution in [0.2, 0.25) is 5.15 Å². The summed E-state index contributed by atoms with van der Waals surface area (Å²) in [4.78, 5) is 17.2. The standard InChI is InChI=1S/C14H15ClIN3OS2.CH3NO/c1-9-11(10-3-4-17-12(7-10)22-16)8-18-14(15)13(9)19-21-6-2-5-20;2-1-3/h3-4,7-8,19-20H,2,5-6H2,1H3;1H,(H2,2,3). The second kappa shape index (κ2) is 12.6. The normalized spacial score (nSPS) is 9.92. The number of nitrogens with two attached hydrogens (primary N) is 1. The van der Waals surface area contributed by atoms with Crippen molar-refractivity contribution in [2.75, 3.05) is 17.1 Å². The highest BCUT2D eigenvalue weighted by atomic mass is 127. The summed E-state index contributed by atoms with van der Waals surface area (Å²) in [6.07, 6.45) is 4.58. The molecule has 0 fully saturated rings. The molecule has 0 saturated carbocycles. The number of aliphatic hydroxyl groups excluding tert-OH is 1. The Morgan fingerprint density at radius 1 is 1.48 bits per heavy atom. The zero-order valence-electron chi connectivity index (χ0n) is 13.4. The summed E-state index contributed by atoms with van der Waals surface area (Å²) in [6.45, 7) is 2.21. The van der Waals surface area contributed by atoms with Crippen LogP contribution >= 0.6 is 53.7 Å². The molecular weight excluding hydrogens is 495 g/mol. The average molecular weight is 513 g/mol. The Morgan fingerprint density at radius 2 is 2.20 bits per heavy atom. The minimum absolute atomic E-state index is 0.188. The predicted octanol–water partition coefficient (Wildman–Crippen LogP) is 4.09. The fraction of sp³-hybridized carbons (Fsp3) is 0.267. The van der Waals surface area contributed by atoms with Gasteiger partial charge in [0.05, 0.1) is 5.69 Å². The highest BCUT2D eigenvalue weighted by Crippen LogP contribution is 2.35. The number of nitrogens with one attached hydrogen (secondary N) is 1. The fourth-order valence-corrected chi connectivity index (χ4v) is 3.92. The summed E-state index contributed by atoms with van der Waals surface area (Å²) in [6, 6.07) is 4.01. The molecule has 0 radical (unpaired) electrons. The molecular formula is C15H18ClIN4O2S2. The smallest absolute Gasteiger partial charge is 0.204 e. The van der Waals surface area contributed by atoms with Gasteiger partial charge in [0, 0.05) is 51.5 Å². The number of carbonyl (C=O) groups excluding carboxylic acids is 1. The van der Waals surface area contributed by atoms with Gasteiger partial charge < -0.3 is 15.6 Å². The summed E-state index contributed by atoms with van der Waals surface area (Å²) in [5.41, 5.74) is 8.14. The first-order chi connectivity index (χ1) is 12.1. The van der Waals surface area contributed by atoms with Gasteiger partial charge in [-0.25, -0.2) is 9.97 Å². The fourth-order valence-electron chi connectivity index (χ4n) is 1.86. The van der Waals surface area contributed by atoms with Crippen molar-refractivity contribution in [2.24, 2.45) is 5.73 Å². The van der Waals surface area contributed by atoms with E-state index in [9.17, 15) is 0 Å². The Morgan fingerprint density at radius 3 is 2.84 bits per heavy atom. The molecule has 10 heteroatoms. The van der Waals surface area contributed by atoms with E-state index >= 15 is 0 Å². The van der Waals surface area contributed by atoms with Gasteiger partial charge in [-0.3, -0.25) is 4.79 Å². The molecule has 136 valence electrons. The van der Waals surface area contributed by atoms with Crippen LogP contribution in [0.25, 0.3) is 11.1 Å². The molecule has 0 unspecified atom stereocenters. The summed E-state index contributed by atoms with van der Waals surface area (Å²) in [5, 5.41) is 10.2. The Bertz CT molecular complexity index is 695. The van der Waals surface area contributed by atoms with Gasteiger partial charge in [0.1, 0.15) is 5.03 Å². The second-order valence-corrected chi connectivity index (χ2v) is 7.74. The van der Waals surface area contributed by atoms with Crippen molar-refractivity contribution in [3.8, 4) is 11.1 Å². The maximum Gasteiger partial charge on any atom is 0.204 e. The Balaban J connectivity index is 0.000000970. The molecule has 2 aromatic rings. The van der Waals surface area contributed by atoms with Gasteiger partial charge in [-0.05, 0) is 45.5 Å². The first kappa shape index (κ1) is 22.3. The lowest BCUT2D eigenvalue weighted by molar-refractivity contribution is -0.106. The number of primary amides is 1. The van der Waals surface area contributed by atoms with Gasteiger partial charge >= 0.3 is 0 Å². The van der Waals surface area contributed by atoms with Gasteiger partial charge in [0.2, 0.25) is 6.41 Å². The lowest BCUT2D eigenvalue weighted by atomic mass is 10.0. The molecule has 0 atom stereocenters. The molecule has 2 heterocycles. The number of rotatable bonds is 7. The monoisotopic (exact) mass is 512 g/mol. The lowest BCUT2D eigenvalue weighted by Crippen LogP contribution is -1.98. The van der Waals surface area contributed by atoms with Crippen LogP contribution in [0.15, 0.2) is 29.6 Å². The topological polar surface area (TPSA) is 101 Å². The minimum Gasteiger partial charge on any atom is -0.396 e. The molecule has 0 aromatic carbocycles. The summed E-state index contributed by atoms with van der Waals surface area (Å²) in [5.74, 6) is 0.807. The number of aromatic nitrogens is 2. The van der Waals surface area contributed by atoms with E-state index in [0.29, 0.717) is 5.15 Å². The van der Waals surface area contributed by atoms with Crippen molar-refractivity contribution in [3.05, 3.63) is 35.2 Å². The number of aliphatic hydroxyl groups is 1. The van der Waals surface area contributed by atoms with E-state index in [-0.39, 0.29) is 13.0 Å². The molecule has 0 aliphatic rings. The molecule has 25 heavy (non-hydrogen) atoms. The first-order valence-electron chi connectivity index (χ1n) is 7.13. The number of carbonyl (C=O) groups is 1. The molecule has 0 saturated heterocycles. The van der Waals surface area contributed by atoms with Crippen LogP contribution in [0, 0.1) is 6.92 Å². The Labute approximate surface area is 172 Å². The van der Waals surface area contributed by atoms with Gasteiger partial charge in [0.15, 0.2) is 5.15 Å². The van der Waals surface area contributed by atoms with Crippen LogP contribution in [-0.2, 0) is 4.79 Å². The van der Waals surface area contributed by atoms with Crippen LogP contribution in [0.1, 0.15) is 12.0 Å². The van der Waals surface area contributed by atoms with Crippen LogP contribution in [0.3, 0.4) is 0 Å². The minimum atomic E-state index is 0.188. The summed E-state index contributed by atoms with van der Waals surface area (Å²) >= 11 is 9.94. The zero-order chi connectivity index (χ0) is 18.7. The maximum absolute atomic E-state index is 8.83. The van der Waals surface area contributed by atoms with Crippen molar-refractivity contribution in [3.63, 3.8) is 0 Å². The third-order valence-corrected chi connectivity index (χ3v) is 5.86. The van der Waals surface area contributed by atoms with E-state index in [4.69, 9.17) is 21.5 Å². The first-order valence-corrected chi connectivity index (χ1v) is 11.8. The number of halogens is 2. The van der Waals surface area contributed by atoms with Crippen molar-refractivity contribution in [1.29, 1.82) is 0 Å². The third-order valence-electron chi connectivity index (χ3n) is 3.00. The second-order valence-electron chi connectivity index (χ2n) is 4.59. The van der Waals surface area contributed by atoms with Gasteiger partial charge in [-0.1, -0.05) is 23.5 Å². The van der Waals surface area contributed by atoms with Crippen LogP contribution in [0.5, 0.6) is 0 Å². The van der Waals surface area contributed by atoms with Gasteiger partial charge in [0.25, 0.3) is 0 Å². The highest BCUT2D eigenvalue weighted by Gasteiger charge is 2.12. The summed E-state index contributed by atoms with van der Waals surface area (Å²) in [7, 11) is 1.58. The van der Waals surface area contributed by atoms with E-state index in [1.807, 2.05) is 19.1 Å². The predicted molar refractivity (Wildman–Crippen MR) is 115 cm³/mol. The zero-order valence-corrected chi connectivity index (χ0v) is 18.0. The lowest BCUT2D eigenvalue weighted by Gasteiger charge is -2.14. The van der Waals surface area contributed by atoms with Crippen molar-refractivity contribution < 1.29 is 9.90 Å². The molecule has 4 N–H and O–H groups in total. The molecule has 2 rings (SSSR count).